The normalized spacial score (nSPS) is 15.0. The van der Waals surface area contributed by atoms with Crippen LogP contribution in [-0.4, -0.2) is 18.6 Å². The van der Waals surface area contributed by atoms with Crippen LogP contribution in [0, 0.1) is 0 Å². The highest BCUT2D eigenvalue weighted by Gasteiger charge is 2.19. The molecular weight excluding hydrogens is 377 g/mol. The first-order valence-corrected chi connectivity index (χ1v) is 7.58. The smallest absolute Gasteiger partial charge is 0.188 e. The topological polar surface area (TPSA) is 59.6 Å². The SMILES string of the molecule is CCCCNC(N)=NCc1ccccc1OC1CCC1.I. The molecule has 0 spiro atoms. The maximum Gasteiger partial charge on any atom is 0.188 e. The van der Waals surface area contributed by atoms with Crippen LogP contribution in [0.3, 0.4) is 0 Å². The summed E-state index contributed by atoms with van der Waals surface area (Å²) in [5, 5.41) is 3.12. The summed E-state index contributed by atoms with van der Waals surface area (Å²) in [5.74, 6) is 1.46. The second kappa shape index (κ2) is 9.87. The Morgan fingerprint density at radius 2 is 2.14 bits per heavy atom. The lowest BCUT2D eigenvalue weighted by Crippen LogP contribution is -2.32. The van der Waals surface area contributed by atoms with Gasteiger partial charge in [0.15, 0.2) is 5.96 Å². The number of halogens is 1. The van der Waals surface area contributed by atoms with Crippen LogP contribution < -0.4 is 15.8 Å². The Morgan fingerprint density at radius 1 is 1.38 bits per heavy atom. The summed E-state index contributed by atoms with van der Waals surface area (Å²) in [6.45, 7) is 3.60. The van der Waals surface area contributed by atoms with Gasteiger partial charge in [-0.2, -0.15) is 0 Å². The van der Waals surface area contributed by atoms with E-state index in [9.17, 15) is 0 Å². The summed E-state index contributed by atoms with van der Waals surface area (Å²) in [5.41, 5.74) is 6.95. The maximum absolute atomic E-state index is 5.98. The highest BCUT2D eigenvalue weighted by atomic mass is 127. The molecule has 21 heavy (non-hydrogen) atoms. The van der Waals surface area contributed by atoms with Gasteiger partial charge < -0.3 is 15.8 Å². The molecule has 0 atom stereocenters. The monoisotopic (exact) mass is 403 g/mol. The van der Waals surface area contributed by atoms with Crippen molar-refractivity contribution in [3.8, 4) is 5.75 Å². The molecule has 1 fully saturated rings. The quantitative estimate of drug-likeness (QED) is 0.317. The van der Waals surface area contributed by atoms with E-state index in [4.69, 9.17) is 10.5 Å². The molecule has 0 amide bonds. The Labute approximate surface area is 144 Å². The number of ether oxygens (including phenoxy) is 1. The average molecular weight is 403 g/mol. The molecule has 0 unspecified atom stereocenters. The summed E-state index contributed by atoms with van der Waals surface area (Å²) in [4.78, 5) is 4.38. The molecule has 0 radical (unpaired) electrons. The van der Waals surface area contributed by atoms with Crippen LogP contribution in [-0.2, 0) is 6.54 Å². The van der Waals surface area contributed by atoms with E-state index in [1.54, 1.807) is 0 Å². The van der Waals surface area contributed by atoms with Crippen molar-refractivity contribution in [1.82, 2.24) is 5.32 Å². The van der Waals surface area contributed by atoms with Crippen molar-refractivity contribution in [3.05, 3.63) is 29.8 Å². The predicted octanol–water partition coefficient (Wildman–Crippen LogP) is 3.44. The number of benzene rings is 1. The molecule has 0 saturated heterocycles. The molecule has 0 bridgehead atoms. The predicted molar refractivity (Wildman–Crippen MR) is 98.4 cm³/mol. The first kappa shape index (κ1) is 18.1. The Bertz CT molecular complexity index is 447. The Kier molecular flexibility index (Phi) is 8.49. The number of guanidine groups is 1. The zero-order valence-electron chi connectivity index (χ0n) is 12.7. The Morgan fingerprint density at radius 3 is 2.81 bits per heavy atom. The van der Waals surface area contributed by atoms with Crippen molar-refractivity contribution in [2.45, 2.75) is 51.7 Å². The average Bonchev–Trinajstić information content (AvgIpc) is 2.42. The molecule has 1 aromatic carbocycles. The Balaban J connectivity index is 0.00000220. The van der Waals surface area contributed by atoms with Gasteiger partial charge in [0.2, 0.25) is 0 Å². The third-order valence-corrected chi connectivity index (χ3v) is 3.57. The number of para-hydroxylation sites is 1. The van der Waals surface area contributed by atoms with Gasteiger partial charge in [0.25, 0.3) is 0 Å². The third kappa shape index (κ3) is 6.11. The highest BCUT2D eigenvalue weighted by molar-refractivity contribution is 14.0. The van der Waals surface area contributed by atoms with Gasteiger partial charge >= 0.3 is 0 Å². The number of rotatable bonds is 7. The minimum Gasteiger partial charge on any atom is -0.490 e. The van der Waals surface area contributed by atoms with E-state index in [0.29, 0.717) is 18.6 Å². The van der Waals surface area contributed by atoms with Gasteiger partial charge in [0.05, 0.1) is 12.6 Å². The lowest BCUT2D eigenvalue weighted by atomic mass is 9.96. The van der Waals surface area contributed by atoms with Crippen LogP contribution in [0.2, 0.25) is 0 Å². The molecule has 2 rings (SSSR count). The summed E-state index contributed by atoms with van der Waals surface area (Å²) >= 11 is 0. The molecule has 1 aliphatic carbocycles. The van der Waals surface area contributed by atoms with Gasteiger partial charge in [-0.3, -0.25) is 0 Å². The minimum atomic E-state index is 0. The number of nitrogens with two attached hydrogens (primary N) is 1. The van der Waals surface area contributed by atoms with Crippen LogP contribution in [0.15, 0.2) is 29.3 Å². The van der Waals surface area contributed by atoms with Gasteiger partial charge in [-0.25, -0.2) is 4.99 Å². The van der Waals surface area contributed by atoms with E-state index in [1.807, 2.05) is 18.2 Å². The van der Waals surface area contributed by atoms with Crippen molar-refractivity contribution < 1.29 is 4.74 Å². The van der Waals surface area contributed by atoms with E-state index >= 15 is 0 Å². The minimum absolute atomic E-state index is 0. The zero-order valence-corrected chi connectivity index (χ0v) is 15.0. The van der Waals surface area contributed by atoms with Crippen LogP contribution in [0.1, 0.15) is 44.6 Å². The zero-order chi connectivity index (χ0) is 14.2. The lowest BCUT2D eigenvalue weighted by molar-refractivity contribution is 0.119. The molecule has 0 aromatic heterocycles. The number of unbranched alkanes of at least 4 members (excludes halogenated alkanes) is 1. The fraction of sp³-hybridized carbons (Fsp3) is 0.562. The van der Waals surface area contributed by atoms with E-state index in [1.165, 1.54) is 6.42 Å². The number of nitrogens with zero attached hydrogens (tertiary/aromatic N) is 1. The van der Waals surface area contributed by atoms with Crippen molar-refractivity contribution in [3.63, 3.8) is 0 Å². The van der Waals surface area contributed by atoms with Gasteiger partial charge in [0.1, 0.15) is 5.75 Å². The Hall–Kier alpha value is -0.980. The molecule has 5 heteroatoms. The third-order valence-electron chi connectivity index (χ3n) is 3.57. The van der Waals surface area contributed by atoms with Crippen molar-refractivity contribution in [2.24, 2.45) is 10.7 Å². The number of hydrogen-bond acceptors (Lipinski definition) is 2. The largest absolute Gasteiger partial charge is 0.490 e. The molecule has 0 aliphatic heterocycles. The first-order chi connectivity index (χ1) is 9.79. The van der Waals surface area contributed by atoms with E-state index < -0.39 is 0 Å². The van der Waals surface area contributed by atoms with Crippen molar-refractivity contribution in [2.75, 3.05) is 6.54 Å². The number of nitrogens with one attached hydrogen (secondary N) is 1. The van der Waals surface area contributed by atoms with Crippen molar-refractivity contribution >= 4 is 29.9 Å². The van der Waals surface area contributed by atoms with E-state index in [0.717, 1.165) is 43.5 Å². The van der Waals surface area contributed by atoms with Crippen LogP contribution >= 0.6 is 24.0 Å². The maximum atomic E-state index is 5.98. The second-order valence-electron chi connectivity index (χ2n) is 5.26. The summed E-state index contributed by atoms with van der Waals surface area (Å²) in [7, 11) is 0. The van der Waals surface area contributed by atoms with Gasteiger partial charge in [-0.15, -0.1) is 24.0 Å². The lowest BCUT2D eigenvalue weighted by Gasteiger charge is -2.27. The second-order valence-corrected chi connectivity index (χ2v) is 5.26. The molecule has 118 valence electrons. The fourth-order valence-electron chi connectivity index (χ4n) is 2.04. The molecule has 0 heterocycles. The van der Waals surface area contributed by atoms with Crippen LogP contribution in [0.4, 0.5) is 0 Å². The molecular formula is C16H26IN3O. The van der Waals surface area contributed by atoms with Crippen LogP contribution in [0.25, 0.3) is 0 Å². The summed E-state index contributed by atoms with van der Waals surface area (Å²) in [6.07, 6.45) is 6.26. The number of hydrogen-bond donors (Lipinski definition) is 2. The first-order valence-electron chi connectivity index (χ1n) is 7.58. The number of aliphatic imine (C=N–C) groups is 1. The molecule has 1 aliphatic rings. The van der Waals surface area contributed by atoms with Gasteiger partial charge in [-0.05, 0) is 31.7 Å². The standard InChI is InChI=1S/C16H25N3O.HI/c1-2-3-11-18-16(17)19-12-13-7-4-5-10-15(13)20-14-8-6-9-14;/h4-5,7,10,14H,2-3,6,8-9,11-12H2,1H3,(H3,17,18,19);1H. The van der Waals surface area contributed by atoms with Crippen LogP contribution in [0.5, 0.6) is 5.75 Å². The molecule has 3 N–H and O–H groups in total. The fourth-order valence-corrected chi connectivity index (χ4v) is 2.04. The van der Waals surface area contributed by atoms with Gasteiger partial charge in [-0.1, -0.05) is 31.5 Å². The van der Waals surface area contributed by atoms with Gasteiger partial charge in [0, 0.05) is 12.1 Å². The van der Waals surface area contributed by atoms with E-state index in [-0.39, 0.29) is 24.0 Å². The highest BCUT2D eigenvalue weighted by Crippen LogP contribution is 2.27. The summed E-state index contributed by atoms with van der Waals surface area (Å²) in [6, 6.07) is 8.09. The van der Waals surface area contributed by atoms with Crippen molar-refractivity contribution in [1.29, 1.82) is 0 Å². The van der Waals surface area contributed by atoms with E-state index in [2.05, 4.69) is 23.3 Å². The molecule has 1 aromatic rings. The summed E-state index contributed by atoms with van der Waals surface area (Å²) < 4.78 is 5.98. The molecule has 4 nitrogen and oxygen atoms in total. The molecule has 1 saturated carbocycles.